The molecule has 0 saturated carbocycles. The van der Waals surface area contributed by atoms with Gasteiger partial charge in [0.1, 0.15) is 0 Å². The number of thiazole rings is 1. The predicted molar refractivity (Wildman–Crippen MR) is 86.1 cm³/mol. The van der Waals surface area contributed by atoms with Crippen molar-refractivity contribution in [2.24, 2.45) is 0 Å². The number of nitrogens with zero attached hydrogens (tertiary/aromatic N) is 4. The molecule has 0 bridgehead atoms. The molecular weight excluding hydrogens is 282 g/mol. The summed E-state index contributed by atoms with van der Waals surface area (Å²) >= 11 is 1.57. The van der Waals surface area contributed by atoms with Crippen LogP contribution in [0.25, 0.3) is 0 Å². The minimum atomic E-state index is 0.519. The van der Waals surface area contributed by atoms with Crippen LogP contribution in [0.1, 0.15) is 38.3 Å². The van der Waals surface area contributed by atoms with Crippen LogP contribution in [0.5, 0.6) is 0 Å². The maximum Gasteiger partial charge on any atom is 0.188 e. The number of anilines is 2. The molecule has 5 nitrogen and oxygen atoms in total. The smallest absolute Gasteiger partial charge is 0.188 e. The van der Waals surface area contributed by atoms with Gasteiger partial charge >= 0.3 is 0 Å². The van der Waals surface area contributed by atoms with E-state index in [4.69, 9.17) is 4.98 Å². The molecule has 3 heterocycles. The van der Waals surface area contributed by atoms with E-state index >= 15 is 0 Å². The fourth-order valence-corrected chi connectivity index (χ4v) is 3.28. The van der Waals surface area contributed by atoms with Gasteiger partial charge in [0.15, 0.2) is 10.9 Å². The Kier molecular flexibility index (Phi) is 4.45. The number of likely N-dealkylation sites (tertiary alicyclic amines) is 1. The molecule has 0 spiro atoms. The van der Waals surface area contributed by atoms with Crippen LogP contribution in [-0.2, 0) is 0 Å². The first-order valence-electron chi connectivity index (χ1n) is 7.45. The van der Waals surface area contributed by atoms with Gasteiger partial charge in [-0.1, -0.05) is 0 Å². The summed E-state index contributed by atoms with van der Waals surface area (Å²) in [4.78, 5) is 15.8. The molecule has 0 aromatic carbocycles. The Morgan fingerprint density at radius 1 is 1.29 bits per heavy atom. The second-order valence-corrected chi connectivity index (χ2v) is 6.59. The number of hydrogen-bond donors (Lipinski definition) is 1. The lowest BCUT2D eigenvalue weighted by molar-refractivity contribution is 0.170. The Morgan fingerprint density at radius 3 is 2.76 bits per heavy atom. The molecule has 112 valence electrons. The molecule has 6 heteroatoms. The maximum absolute atomic E-state index is 4.72. The van der Waals surface area contributed by atoms with Crippen LogP contribution in [-0.4, -0.2) is 39.0 Å². The topological polar surface area (TPSA) is 53.9 Å². The highest BCUT2D eigenvalue weighted by atomic mass is 32.1. The highest BCUT2D eigenvalue weighted by Crippen LogP contribution is 2.28. The van der Waals surface area contributed by atoms with Gasteiger partial charge in [0.05, 0.1) is 11.9 Å². The fourth-order valence-electron chi connectivity index (χ4n) is 2.74. The van der Waals surface area contributed by atoms with Crippen molar-refractivity contribution in [3.63, 3.8) is 0 Å². The van der Waals surface area contributed by atoms with Crippen molar-refractivity contribution in [1.82, 2.24) is 19.9 Å². The van der Waals surface area contributed by atoms with Crippen molar-refractivity contribution in [2.45, 2.75) is 38.6 Å². The SMILES string of the molecule is CC(C)N1CCC(c2cncc(Nc3nccs3)n2)CC1. The fraction of sp³-hybridized carbons (Fsp3) is 0.533. The molecule has 0 radical (unpaired) electrons. The van der Waals surface area contributed by atoms with Crippen LogP contribution in [0.15, 0.2) is 24.0 Å². The second kappa shape index (κ2) is 6.49. The van der Waals surface area contributed by atoms with E-state index in [0.717, 1.165) is 42.6 Å². The number of hydrogen-bond acceptors (Lipinski definition) is 6. The number of nitrogens with one attached hydrogen (secondary N) is 1. The minimum Gasteiger partial charge on any atom is -0.315 e. The summed E-state index contributed by atoms with van der Waals surface area (Å²) in [5.74, 6) is 1.30. The molecule has 3 rings (SSSR count). The van der Waals surface area contributed by atoms with Gasteiger partial charge in [-0.3, -0.25) is 4.98 Å². The first-order chi connectivity index (χ1) is 10.2. The highest BCUT2D eigenvalue weighted by Gasteiger charge is 2.23. The summed E-state index contributed by atoms with van der Waals surface area (Å²) < 4.78 is 0. The van der Waals surface area contributed by atoms with Gasteiger partial charge in [0.25, 0.3) is 0 Å². The third kappa shape index (κ3) is 3.57. The van der Waals surface area contributed by atoms with Crippen molar-refractivity contribution in [3.05, 3.63) is 29.7 Å². The number of piperidine rings is 1. The summed E-state index contributed by atoms with van der Waals surface area (Å²) in [6, 6.07) is 0.634. The van der Waals surface area contributed by atoms with Crippen molar-refractivity contribution in [1.29, 1.82) is 0 Å². The van der Waals surface area contributed by atoms with E-state index in [2.05, 4.69) is 34.0 Å². The minimum absolute atomic E-state index is 0.519. The second-order valence-electron chi connectivity index (χ2n) is 5.70. The third-order valence-corrected chi connectivity index (χ3v) is 4.69. The van der Waals surface area contributed by atoms with Gasteiger partial charge < -0.3 is 10.2 Å². The Hall–Kier alpha value is -1.53. The lowest BCUT2D eigenvalue weighted by Crippen LogP contribution is -2.38. The molecule has 1 fully saturated rings. The highest BCUT2D eigenvalue weighted by molar-refractivity contribution is 7.13. The van der Waals surface area contributed by atoms with Crippen LogP contribution >= 0.6 is 11.3 Å². The Bertz CT molecular complexity index is 561. The van der Waals surface area contributed by atoms with Crippen LogP contribution < -0.4 is 5.32 Å². The van der Waals surface area contributed by atoms with Crippen LogP contribution in [0.4, 0.5) is 10.9 Å². The van der Waals surface area contributed by atoms with Gasteiger partial charge in [-0.05, 0) is 39.8 Å². The average molecular weight is 303 g/mol. The van der Waals surface area contributed by atoms with E-state index in [-0.39, 0.29) is 0 Å². The Morgan fingerprint density at radius 2 is 2.10 bits per heavy atom. The third-order valence-electron chi connectivity index (χ3n) is 4.00. The average Bonchev–Trinajstić information content (AvgIpc) is 3.00. The number of aromatic nitrogens is 3. The van der Waals surface area contributed by atoms with Crippen molar-refractivity contribution < 1.29 is 0 Å². The molecular formula is C15H21N5S. The Balaban J connectivity index is 1.66. The monoisotopic (exact) mass is 303 g/mol. The predicted octanol–water partition coefficient (Wildman–Crippen LogP) is 3.26. The summed E-state index contributed by atoms with van der Waals surface area (Å²) in [5, 5.41) is 6.02. The van der Waals surface area contributed by atoms with Crippen molar-refractivity contribution >= 4 is 22.3 Å². The van der Waals surface area contributed by atoms with E-state index in [0.29, 0.717) is 12.0 Å². The molecule has 2 aromatic rings. The summed E-state index contributed by atoms with van der Waals surface area (Å²) in [6.45, 7) is 6.82. The molecule has 2 aromatic heterocycles. The summed E-state index contributed by atoms with van der Waals surface area (Å²) in [5.41, 5.74) is 1.10. The molecule has 0 aliphatic carbocycles. The van der Waals surface area contributed by atoms with Gasteiger partial charge in [0.2, 0.25) is 0 Å². The number of rotatable bonds is 4. The van der Waals surface area contributed by atoms with E-state index in [1.54, 1.807) is 23.7 Å². The van der Waals surface area contributed by atoms with Gasteiger partial charge in [-0.15, -0.1) is 11.3 Å². The summed E-state index contributed by atoms with van der Waals surface area (Å²) in [6.07, 6.45) is 7.77. The molecule has 1 saturated heterocycles. The normalized spacial score (nSPS) is 17.3. The first-order valence-corrected chi connectivity index (χ1v) is 8.33. The van der Waals surface area contributed by atoms with Gasteiger partial charge in [0, 0.05) is 29.7 Å². The van der Waals surface area contributed by atoms with Crippen molar-refractivity contribution in [2.75, 3.05) is 18.4 Å². The molecule has 0 atom stereocenters. The van der Waals surface area contributed by atoms with Gasteiger partial charge in [-0.2, -0.15) is 0 Å². The zero-order chi connectivity index (χ0) is 14.7. The summed E-state index contributed by atoms with van der Waals surface area (Å²) in [7, 11) is 0. The standard InChI is InChI=1S/C15H21N5S/c1-11(2)20-6-3-12(4-7-20)13-9-16-10-14(18-13)19-15-17-5-8-21-15/h5,8-12H,3-4,6-7H2,1-2H3,(H,17,18,19). The van der Waals surface area contributed by atoms with E-state index in [1.807, 2.05) is 11.6 Å². The largest absolute Gasteiger partial charge is 0.315 e. The van der Waals surface area contributed by atoms with Crippen LogP contribution in [0.3, 0.4) is 0 Å². The maximum atomic E-state index is 4.72. The van der Waals surface area contributed by atoms with E-state index in [1.165, 1.54) is 0 Å². The molecule has 1 aliphatic rings. The molecule has 0 amide bonds. The first kappa shape index (κ1) is 14.4. The van der Waals surface area contributed by atoms with E-state index in [9.17, 15) is 0 Å². The molecule has 1 N–H and O–H groups in total. The lowest BCUT2D eigenvalue weighted by atomic mass is 9.93. The van der Waals surface area contributed by atoms with E-state index < -0.39 is 0 Å². The zero-order valence-electron chi connectivity index (χ0n) is 12.5. The lowest BCUT2D eigenvalue weighted by Gasteiger charge is -2.34. The zero-order valence-corrected chi connectivity index (χ0v) is 13.3. The molecule has 1 aliphatic heterocycles. The molecule has 0 unspecified atom stereocenters. The van der Waals surface area contributed by atoms with Gasteiger partial charge in [-0.25, -0.2) is 9.97 Å². The van der Waals surface area contributed by atoms with Crippen LogP contribution in [0, 0.1) is 0 Å². The van der Waals surface area contributed by atoms with Crippen LogP contribution in [0.2, 0.25) is 0 Å². The van der Waals surface area contributed by atoms with Crippen molar-refractivity contribution in [3.8, 4) is 0 Å². The quantitative estimate of drug-likeness (QED) is 0.939. The molecule has 21 heavy (non-hydrogen) atoms. The Labute approximate surface area is 129 Å².